The van der Waals surface area contributed by atoms with Crippen molar-refractivity contribution in [2.45, 2.75) is 25.3 Å². The standard InChI is InChI=1S/C14H25N3O2/c18-14(19)3-6-15-7-9-17(10-8-15)13-2-5-16-4-1-12(13)11-16/h12-13H,1-11H2,(H,18,19). The third-order valence-electron chi connectivity index (χ3n) is 5.11. The van der Waals surface area contributed by atoms with Gasteiger partial charge in [0.1, 0.15) is 0 Å². The van der Waals surface area contributed by atoms with Gasteiger partial charge in [-0.3, -0.25) is 9.69 Å². The van der Waals surface area contributed by atoms with Crippen molar-refractivity contribution in [3.8, 4) is 0 Å². The lowest BCUT2D eigenvalue weighted by atomic mass is 9.92. The van der Waals surface area contributed by atoms with Crippen LogP contribution in [0.2, 0.25) is 0 Å². The summed E-state index contributed by atoms with van der Waals surface area (Å²) >= 11 is 0. The molecule has 0 spiro atoms. The van der Waals surface area contributed by atoms with Gasteiger partial charge in [-0.15, -0.1) is 0 Å². The van der Waals surface area contributed by atoms with Gasteiger partial charge in [-0.1, -0.05) is 0 Å². The summed E-state index contributed by atoms with van der Waals surface area (Å²) in [6.45, 7) is 8.94. The molecule has 108 valence electrons. The Kier molecular flexibility index (Phi) is 4.05. The van der Waals surface area contributed by atoms with Crippen LogP contribution in [0.3, 0.4) is 0 Å². The average Bonchev–Trinajstić information content (AvgIpc) is 2.79. The first-order valence-corrected chi connectivity index (χ1v) is 7.63. The molecule has 0 aliphatic carbocycles. The first-order chi connectivity index (χ1) is 9.22. The van der Waals surface area contributed by atoms with Gasteiger partial charge in [-0.2, -0.15) is 0 Å². The van der Waals surface area contributed by atoms with E-state index in [1.165, 1.54) is 32.5 Å². The molecule has 3 unspecified atom stereocenters. The van der Waals surface area contributed by atoms with Gasteiger partial charge in [0.25, 0.3) is 0 Å². The van der Waals surface area contributed by atoms with Crippen LogP contribution in [0.1, 0.15) is 19.3 Å². The van der Waals surface area contributed by atoms with Crippen LogP contribution in [0.15, 0.2) is 0 Å². The number of hydrogen-bond donors (Lipinski definition) is 1. The molecule has 2 bridgehead atoms. The van der Waals surface area contributed by atoms with E-state index in [0.29, 0.717) is 6.54 Å². The SMILES string of the molecule is O=C(O)CCN1CCN(C2CCN3CCC2C3)CC1. The zero-order chi connectivity index (χ0) is 13.2. The molecular formula is C14H25N3O2. The van der Waals surface area contributed by atoms with Gasteiger partial charge in [0, 0.05) is 45.3 Å². The van der Waals surface area contributed by atoms with Crippen molar-refractivity contribution in [1.29, 1.82) is 0 Å². The molecule has 3 atom stereocenters. The molecule has 0 radical (unpaired) electrons. The largest absolute Gasteiger partial charge is 0.481 e. The van der Waals surface area contributed by atoms with Crippen LogP contribution in [-0.2, 0) is 4.79 Å². The summed E-state index contributed by atoms with van der Waals surface area (Å²) in [4.78, 5) is 18.2. The Hall–Kier alpha value is -0.650. The third-order valence-corrected chi connectivity index (χ3v) is 5.11. The van der Waals surface area contributed by atoms with Gasteiger partial charge < -0.3 is 14.9 Å². The molecule has 5 heteroatoms. The zero-order valence-electron chi connectivity index (χ0n) is 11.6. The van der Waals surface area contributed by atoms with Gasteiger partial charge in [-0.25, -0.2) is 0 Å². The normalized spacial score (nSPS) is 36.5. The second-order valence-corrected chi connectivity index (χ2v) is 6.23. The van der Waals surface area contributed by atoms with Crippen LogP contribution in [0.5, 0.6) is 0 Å². The van der Waals surface area contributed by atoms with E-state index in [9.17, 15) is 4.79 Å². The van der Waals surface area contributed by atoms with E-state index in [1.807, 2.05) is 0 Å². The summed E-state index contributed by atoms with van der Waals surface area (Å²) in [5.74, 6) is 0.208. The number of piperazine rings is 1. The molecule has 5 nitrogen and oxygen atoms in total. The molecule has 0 saturated carbocycles. The van der Waals surface area contributed by atoms with Gasteiger partial charge in [-0.05, 0) is 31.8 Å². The molecule has 3 aliphatic heterocycles. The first kappa shape index (κ1) is 13.3. The number of carboxylic acid groups (broad SMARTS) is 1. The maximum Gasteiger partial charge on any atom is 0.304 e. The smallest absolute Gasteiger partial charge is 0.304 e. The maximum atomic E-state index is 10.6. The lowest BCUT2D eigenvalue weighted by Crippen LogP contribution is -2.54. The number of fused-ring (bicyclic) bond motifs is 2. The van der Waals surface area contributed by atoms with Crippen molar-refractivity contribution in [2.24, 2.45) is 5.92 Å². The summed E-state index contributed by atoms with van der Waals surface area (Å²) in [6, 6.07) is 0.792. The number of nitrogens with zero attached hydrogens (tertiary/aromatic N) is 3. The number of hydrogen-bond acceptors (Lipinski definition) is 4. The van der Waals surface area contributed by atoms with E-state index in [0.717, 1.165) is 38.1 Å². The van der Waals surface area contributed by atoms with E-state index in [2.05, 4.69) is 14.7 Å². The lowest BCUT2D eigenvalue weighted by Gasteiger charge is -2.43. The minimum absolute atomic E-state index is 0.279. The molecule has 3 saturated heterocycles. The van der Waals surface area contributed by atoms with Gasteiger partial charge >= 0.3 is 5.97 Å². The molecule has 0 aromatic heterocycles. The number of carbonyl (C=O) groups is 1. The molecular weight excluding hydrogens is 242 g/mol. The van der Waals surface area contributed by atoms with Crippen LogP contribution in [0, 0.1) is 5.92 Å². The topological polar surface area (TPSA) is 47.0 Å². The molecule has 3 rings (SSSR count). The van der Waals surface area contributed by atoms with E-state index in [4.69, 9.17) is 5.11 Å². The Morgan fingerprint density at radius 2 is 1.79 bits per heavy atom. The molecule has 3 aliphatic rings. The van der Waals surface area contributed by atoms with Crippen LogP contribution in [0.4, 0.5) is 0 Å². The van der Waals surface area contributed by atoms with Crippen LogP contribution in [-0.4, -0.2) is 84.2 Å². The highest BCUT2D eigenvalue weighted by molar-refractivity contribution is 5.66. The number of aliphatic carboxylic acids is 1. The van der Waals surface area contributed by atoms with Crippen LogP contribution >= 0.6 is 0 Å². The van der Waals surface area contributed by atoms with Crippen LogP contribution in [0.25, 0.3) is 0 Å². The van der Waals surface area contributed by atoms with Crippen molar-refractivity contribution in [2.75, 3.05) is 52.4 Å². The predicted molar refractivity (Wildman–Crippen MR) is 73.2 cm³/mol. The highest BCUT2D eigenvalue weighted by Crippen LogP contribution is 2.31. The molecule has 19 heavy (non-hydrogen) atoms. The van der Waals surface area contributed by atoms with Gasteiger partial charge in [0.05, 0.1) is 6.42 Å². The fraction of sp³-hybridized carbons (Fsp3) is 0.929. The molecule has 1 N–H and O–H groups in total. The monoisotopic (exact) mass is 267 g/mol. The Labute approximate surface area is 115 Å². The second kappa shape index (κ2) is 5.77. The maximum absolute atomic E-state index is 10.6. The van der Waals surface area contributed by atoms with Crippen molar-refractivity contribution in [3.63, 3.8) is 0 Å². The molecule has 0 amide bonds. The Bertz CT molecular complexity index is 329. The molecule has 3 heterocycles. The summed E-state index contributed by atoms with van der Waals surface area (Å²) < 4.78 is 0. The number of piperidine rings is 1. The van der Waals surface area contributed by atoms with Crippen molar-refractivity contribution < 1.29 is 9.90 Å². The Morgan fingerprint density at radius 1 is 1.05 bits per heavy atom. The van der Waals surface area contributed by atoms with Crippen LogP contribution < -0.4 is 0 Å². The summed E-state index contributed by atoms with van der Waals surface area (Å²) in [6.07, 6.45) is 2.99. The molecule has 0 aromatic rings. The van der Waals surface area contributed by atoms with Gasteiger partial charge in [0.15, 0.2) is 0 Å². The second-order valence-electron chi connectivity index (χ2n) is 6.23. The first-order valence-electron chi connectivity index (χ1n) is 7.63. The minimum Gasteiger partial charge on any atom is -0.481 e. The number of rotatable bonds is 4. The van der Waals surface area contributed by atoms with Crippen molar-refractivity contribution >= 4 is 5.97 Å². The fourth-order valence-electron chi connectivity index (χ4n) is 3.98. The lowest BCUT2D eigenvalue weighted by molar-refractivity contribution is -0.137. The van der Waals surface area contributed by atoms with E-state index >= 15 is 0 Å². The van der Waals surface area contributed by atoms with Gasteiger partial charge in [0.2, 0.25) is 0 Å². The van der Waals surface area contributed by atoms with Crippen molar-refractivity contribution in [1.82, 2.24) is 14.7 Å². The number of carboxylic acids is 1. The zero-order valence-corrected chi connectivity index (χ0v) is 11.6. The Morgan fingerprint density at radius 3 is 2.53 bits per heavy atom. The minimum atomic E-state index is -0.680. The summed E-state index contributed by atoms with van der Waals surface area (Å²) in [7, 11) is 0. The summed E-state index contributed by atoms with van der Waals surface area (Å²) in [5.41, 5.74) is 0. The van der Waals surface area contributed by atoms with E-state index in [-0.39, 0.29) is 6.42 Å². The fourth-order valence-corrected chi connectivity index (χ4v) is 3.98. The Balaban J connectivity index is 1.46. The summed E-state index contributed by atoms with van der Waals surface area (Å²) in [5, 5.41) is 8.73. The average molecular weight is 267 g/mol. The molecule has 3 fully saturated rings. The van der Waals surface area contributed by atoms with E-state index in [1.54, 1.807) is 0 Å². The third kappa shape index (κ3) is 3.09. The predicted octanol–water partition coefficient (Wildman–Crippen LogP) is 0.173. The van der Waals surface area contributed by atoms with E-state index < -0.39 is 5.97 Å². The molecule has 0 aromatic carbocycles. The quantitative estimate of drug-likeness (QED) is 0.787. The highest BCUT2D eigenvalue weighted by Gasteiger charge is 2.38. The van der Waals surface area contributed by atoms with Crippen molar-refractivity contribution in [3.05, 3.63) is 0 Å². The highest BCUT2D eigenvalue weighted by atomic mass is 16.4.